The number of ketones is 1. The molecule has 4 nitrogen and oxygen atoms in total. The normalized spacial score (nSPS) is 22.7. The Morgan fingerprint density at radius 2 is 1.63 bits per heavy atom. The topological polar surface area (TPSA) is 40.6 Å². The van der Waals surface area contributed by atoms with Crippen molar-refractivity contribution < 1.29 is 9.59 Å². The van der Waals surface area contributed by atoms with Gasteiger partial charge in [-0.15, -0.1) is 0 Å². The minimum Gasteiger partial charge on any atom is -0.306 e. The van der Waals surface area contributed by atoms with Crippen molar-refractivity contribution in [2.75, 3.05) is 18.5 Å². The van der Waals surface area contributed by atoms with Crippen LogP contribution in [0, 0.1) is 12.8 Å². The number of halogens is 1. The van der Waals surface area contributed by atoms with Crippen LogP contribution in [-0.4, -0.2) is 30.2 Å². The number of benzene rings is 4. The Morgan fingerprint density at radius 1 is 0.921 bits per heavy atom. The quantitative estimate of drug-likeness (QED) is 0.278. The van der Waals surface area contributed by atoms with E-state index in [9.17, 15) is 9.59 Å². The average molecular weight is 521 g/mol. The Bertz CT molecular complexity index is 1520. The van der Waals surface area contributed by atoms with E-state index >= 15 is 0 Å². The molecule has 0 bridgehead atoms. The van der Waals surface area contributed by atoms with E-state index in [1.54, 1.807) is 0 Å². The number of aryl methyl sites for hydroxylation is 1. The van der Waals surface area contributed by atoms with E-state index in [-0.39, 0.29) is 17.6 Å². The highest BCUT2D eigenvalue weighted by Gasteiger charge is 2.66. The van der Waals surface area contributed by atoms with E-state index in [4.69, 9.17) is 11.6 Å². The molecule has 1 amide bonds. The summed E-state index contributed by atoms with van der Waals surface area (Å²) in [6, 6.07) is 33.3. The molecule has 0 radical (unpaired) electrons. The van der Waals surface area contributed by atoms with Gasteiger partial charge in [0.15, 0.2) is 5.78 Å². The maximum Gasteiger partial charge on any atom is 0.253 e. The highest BCUT2D eigenvalue weighted by atomic mass is 35.5. The van der Waals surface area contributed by atoms with Gasteiger partial charge in [-0.25, -0.2) is 0 Å². The minimum absolute atomic E-state index is 0.00622. The zero-order valence-electron chi connectivity index (χ0n) is 21.5. The number of hydrogen-bond acceptors (Lipinski definition) is 3. The maximum atomic E-state index is 14.8. The van der Waals surface area contributed by atoms with Crippen LogP contribution in [0.3, 0.4) is 0 Å². The number of fused-ring (bicyclic) bond motifs is 2. The number of anilines is 1. The van der Waals surface area contributed by atoms with Crippen LogP contribution >= 0.6 is 11.6 Å². The first-order valence-electron chi connectivity index (χ1n) is 12.9. The van der Waals surface area contributed by atoms with Crippen LogP contribution in [0.25, 0.3) is 0 Å². The second-order valence-electron chi connectivity index (χ2n) is 10.4. The number of likely N-dealkylation sites (N-methyl/N-ethyl adjacent to an activating group) is 1. The van der Waals surface area contributed by atoms with Gasteiger partial charge in [0.05, 0.1) is 12.5 Å². The first-order chi connectivity index (χ1) is 18.4. The smallest absolute Gasteiger partial charge is 0.253 e. The third-order valence-electron chi connectivity index (χ3n) is 8.18. The number of nitrogens with zero attached hydrogens (tertiary/aromatic N) is 2. The van der Waals surface area contributed by atoms with Gasteiger partial charge in [-0.3, -0.25) is 14.5 Å². The van der Waals surface area contributed by atoms with Crippen LogP contribution in [0.15, 0.2) is 103 Å². The van der Waals surface area contributed by atoms with E-state index in [0.29, 0.717) is 23.7 Å². The Balaban J connectivity index is 1.54. The molecule has 0 unspecified atom stereocenters. The van der Waals surface area contributed by atoms with E-state index in [1.165, 1.54) is 0 Å². The van der Waals surface area contributed by atoms with Crippen LogP contribution in [0.4, 0.5) is 5.69 Å². The summed E-state index contributed by atoms with van der Waals surface area (Å²) in [4.78, 5) is 33.2. The van der Waals surface area contributed by atoms with Gasteiger partial charge in [0, 0.05) is 34.3 Å². The number of carbonyl (C=O) groups is 2. The summed E-state index contributed by atoms with van der Waals surface area (Å²) in [7, 11) is 1.98. The second-order valence-corrected chi connectivity index (χ2v) is 10.8. The Morgan fingerprint density at radius 3 is 2.37 bits per heavy atom. The van der Waals surface area contributed by atoms with Crippen molar-refractivity contribution in [1.82, 2.24) is 4.90 Å². The predicted molar refractivity (Wildman–Crippen MR) is 152 cm³/mol. The summed E-state index contributed by atoms with van der Waals surface area (Å²) in [6.45, 7) is 3.04. The van der Waals surface area contributed by atoms with E-state index < -0.39 is 11.5 Å². The highest BCUT2D eigenvalue weighted by Crippen LogP contribution is 2.57. The zero-order valence-corrected chi connectivity index (χ0v) is 22.2. The molecule has 1 spiro atoms. The molecule has 190 valence electrons. The number of amides is 1. The standard InChI is InChI=1S/C33H29ClN2O2/c1-22-15-17-24(18-16-22)27-21-35(2)33(30(27)31(37)25-10-4-3-5-11-25)28-13-6-7-14-29(28)36(32(33)38)20-23-9-8-12-26(34)19-23/h3-19,27,30H,20-21H2,1-2H3/t27-,30+,33+/m0/s1. The van der Waals surface area contributed by atoms with Gasteiger partial charge in [-0.05, 0) is 43.3 Å². The molecule has 0 saturated carbocycles. The number of likely N-dealkylation sites (tertiary alicyclic amines) is 1. The van der Waals surface area contributed by atoms with Gasteiger partial charge in [0.2, 0.25) is 0 Å². The van der Waals surface area contributed by atoms with Gasteiger partial charge >= 0.3 is 0 Å². The summed E-state index contributed by atoms with van der Waals surface area (Å²) in [5.74, 6) is -0.801. The molecule has 0 aliphatic carbocycles. The van der Waals surface area contributed by atoms with Crippen LogP contribution in [0.2, 0.25) is 5.02 Å². The summed E-state index contributed by atoms with van der Waals surface area (Å²) in [5.41, 5.74) is 4.43. The van der Waals surface area contributed by atoms with Crippen molar-refractivity contribution in [1.29, 1.82) is 0 Å². The largest absolute Gasteiger partial charge is 0.306 e. The van der Waals surface area contributed by atoms with Crippen molar-refractivity contribution >= 4 is 29.0 Å². The fourth-order valence-electron chi connectivity index (χ4n) is 6.44. The van der Waals surface area contributed by atoms with E-state index in [1.807, 2.05) is 90.8 Å². The molecule has 1 fully saturated rings. The molecule has 4 aromatic rings. The van der Waals surface area contributed by atoms with E-state index in [0.717, 1.165) is 27.9 Å². The third kappa shape index (κ3) is 3.79. The third-order valence-corrected chi connectivity index (χ3v) is 8.41. The molecule has 0 aromatic heterocycles. The van der Waals surface area contributed by atoms with E-state index in [2.05, 4.69) is 36.1 Å². The van der Waals surface area contributed by atoms with Crippen LogP contribution in [0.1, 0.15) is 38.5 Å². The lowest BCUT2D eigenvalue weighted by Crippen LogP contribution is -2.53. The molecule has 3 atom stereocenters. The molecule has 0 N–H and O–H groups in total. The number of rotatable bonds is 5. The Kier molecular flexibility index (Phi) is 6.17. The van der Waals surface area contributed by atoms with Gasteiger partial charge in [0.25, 0.3) is 5.91 Å². The van der Waals surface area contributed by atoms with Gasteiger partial charge in [0.1, 0.15) is 5.54 Å². The molecule has 2 aliphatic rings. The molecular weight excluding hydrogens is 492 g/mol. The maximum absolute atomic E-state index is 14.8. The Labute approximate surface area is 228 Å². The van der Waals surface area contributed by atoms with Crippen molar-refractivity contribution in [3.63, 3.8) is 0 Å². The summed E-state index contributed by atoms with van der Waals surface area (Å²) < 4.78 is 0. The highest BCUT2D eigenvalue weighted by molar-refractivity contribution is 6.30. The monoisotopic (exact) mass is 520 g/mol. The summed E-state index contributed by atoms with van der Waals surface area (Å²) >= 11 is 6.28. The predicted octanol–water partition coefficient (Wildman–Crippen LogP) is 6.62. The summed E-state index contributed by atoms with van der Waals surface area (Å²) in [5, 5.41) is 0.631. The summed E-state index contributed by atoms with van der Waals surface area (Å²) in [6.07, 6.45) is 0. The lowest BCUT2D eigenvalue weighted by atomic mass is 9.70. The van der Waals surface area contributed by atoms with Crippen molar-refractivity contribution in [3.05, 3.63) is 136 Å². The molecule has 2 heterocycles. The SMILES string of the molecule is Cc1ccc([C@@H]2CN(C)[C@@]3(C(=O)N(Cc4cccc(Cl)c4)c4ccccc43)[C@H]2C(=O)c2ccccc2)cc1. The zero-order chi connectivity index (χ0) is 26.4. The molecule has 6 rings (SSSR count). The van der Waals surface area contributed by atoms with Crippen molar-refractivity contribution in [2.45, 2.75) is 24.9 Å². The fourth-order valence-corrected chi connectivity index (χ4v) is 6.66. The van der Waals surface area contributed by atoms with Gasteiger partial charge < -0.3 is 4.90 Å². The first kappa shape index (κ1) is 24.6. The molecule has 1 saturated heterocycles. The number of carbonyl (C=O) groups excluding carboxylic acids is 2. The Hall–Kier alpha value is -3.73. The van der Waals surface area contributed by atoms with Gasteiger partial charge in [-0.2, -0.15) is 0 Å². The van der Waals surface area contributed by atoms with Crippen molar-refractivity contribution in [2.24, 2.45) is 5.92 Å². The molecule has 38 heavy (non-hydrogen) atoms. The van der Waals surface area contributed by atoms with Crippen molar-refractivity contribution in [3.8, 4) is 0 Å². The minimum atomic E-state index is -1.11. The number of Topliss-reactive ketones (excluding diaryl/α,β-unsaturated/α-hetero) is 1. The number of para-hydroxylation sites is 1. The lowest BCUT2D eigenvalue weighted by Gasteiger charge is -2.36. The van der Waals surface area contributed by atoms with Crippen LogP contribution in [-0.2, 0) is 16.9 Å². The first-order valence-corrected chi connectivity index (χ1v) is 13.3. The molecular formula is C33H29ClN2O2. The van der Waals surface area contributed by atoms with Crippen LogP contribution in [0.5, 0.6) is 0 Å². The average Bonchev–Trinajstić information content (AvgIpc) is 3.37. The fraction of sp³-hybridized carbons (Fsp3) is 0.212. The lowest BCUT2D eigenvalue weighted by molar-refractivity contribution is -0.129. The number of hydrogen-bond donors (Lipinski definition) is 0. The molecule has 2 aliphatic heterocycles. The molecule has 4 aromatic carbocycles. The second kappa shape index (κ2) is 9.54. The van der Waals surface area contributed by atoms with Gasteiger partial charge in [-0.1, -0.05) is 102 Å². The molecule has 5 heteroatoms. The van der Waals surface area contributed by atoms with Crippen LogP contribution < -0.4 is 4.90 Å².